The van der Waals surface area contributed by atoms with Crippen LogP contribution < -0.4 is 29.5 Å². The van der Waals surface area contributed by atoms with Gasteiger partial charge in [0.2, 0.25) is 15.4 Å². The van der Waals surface area contributed by atoms with E-state index in [1.54, 1.807) is 6.07 Å². The molecule has 0 saturated carbocycles. The van der Waals surface area contributed by atoms with Gasteiger partial charge in [-0.2, -0.15) is 8.42 Å². The molecular formula is C37H40N3O8S2+. The number of esters is 1. The summed E-state index contributed by atoms with van der Waals surface area (Å²) in [7, 11) is -9.46. The molecule has 5 aliphatic rings. The number of anilines is 1. The van der Waals surface area contributed by atoms with Crippen molar-refractivity contribution in [3.63, 3.8) is 0 Å². The van der Waals surface area contributed by atoms with Gasteiger partial charge in [-0.1, -0.05) is 12.6 Å². The molecule has 11 nitrogen and oxygen atoms in total. The van der Waals surface area contributed by atoms with Crippen LogP contribution in [0.15, 0.2) is 52.3 Å². The number of nitrogens with zero attached hydrogens (tertiary/aromatic N) is 2. The number of carbonyl (C=O) groups is 1. The summed E-state index contributed by atoms with van der Waals surface area (Å²) in [6.45, 7) is 8.36. The molecule has 5 heterocycles. The van der Waals surface area contributed by atoms with Gasteiger partial charge in [0, 0.05) is 71.2 Å². The van der Waals surface area contributed by atoms with Crippen LogP contribution in [0.25, 0.3) is 5.57 Å². The average molecular weight is 719 g/mol. The molecule has 0 unspecified atom stereocenters. The van der Waals surface area contributed by atoms with E-state index in [-0.39, 0.29) is 18.7 Å². The second-order valence-electron chi connectivity index (χ2n) is 13.8. The fraction of sp³-hybridized carbons (Fsp3) is 0.405. The van der Waals surface area contributed by atoms with Crippen molar-refractivity contribution in [3.8, 4) is 11.5 Å². The van der Waals surface area contributed by atoms with E-state index >= 15 is 0 Å². The van der Waals surface area contributed by atoms with E-state index in [9.17, 15) is 26.2 Å². The molecule has 0 aliphatic carbocycles. The third kappa shape index (κ3) is 5.55. The Balaban J connectivity index is 1.34. The smallest absolute Gasteiger partial charge is 0.333 e. The lowest BCUT2D eigenvalue weighted by molar-refractivity contribution is -0.138. The monoisotopic (exact) mass is 718 g/mol. The summed E-state index contributed by atoms with van der Waals surface area (Å²) >= 11 is 0. The van der Waals surface area contributed by atoms with Gasteiger partial charge in [0.05, 0.1) is 5.56 Å². The van der Waals surface area contributed by atoms with Gasteiger partial charge in [-0.25, -0.2) is 22.5 Å². The fourth-order valence-electron chi connectivity index (χ4n) is 8.43. The Morgan fingerprint density at radius 1 is 0.940 bits per heavy atom. The minimum atomic E-state index is -5.01. The SMILES string of the molecule is C=C(C)C(=O)OCCNS(=O)(=O)c1ccc(C2=c3cc4c5c(c3Oc3c2cc2c6c3CCCN6CCC2)CCC[N+]=5CCC4)cc1S(=O)(=O)O. The van der Waals surface area contributed by atoms with E-state index in [2.05, 4.69) is 32.9 Å². The highest BCUT2D eigenvalue weighted by molar-refractivity contribution is 7.91. The number of benzene rings is 3. The van der Waals surface area contributed by atoms with Crippen molar-refractivity contribution in [3.05, 3.63) is 86.4 Å². The predicted octanol–water partition coefficient (Wildman–Crippen LogP) is 2.77. The first-order valence-corrected chi connectivity index (χ1v) is 20.2. The topological polar surface area (TPSA) is 142 Å². The molecule has 3 aromatic carbocycles. The van der Waals surface area contributed by atoms with Crippen molar-refractivity contribution < 1.29 is 35.7 Å². The zero-order valence-corrected chi connectivity index (χ0v) is 29.6. The van der Waals surface area contributed by atoms with Gasteiger partial charge in [0.25, 0.3) is 10.1 Å². The highest BCUT2D eigenvalue weighted by Gasteiger charge is 2.36. The van der Waals surface area contributed by atoms with Crippen molar-refractivity contribution in [1.29, 1.82) is 0 Å². The number of hydrogen-bond acceptors (Lipinski definition) is 8. The molecule has 0 spiro atoms. The average Bonchev–Trinajstić information content (AvgIpc) is 3.09. The Bertz CT molecular complexity index is 2360. The number of carbonyl (C=O) groups excluding carboxylic acids is 1. The van der Waals surface area contributed by atoms with Crippen molar-refractivity contribution in [2.45, 2.75) is 68.1 Å². The molecule has 2 N–H and O–H groups in total. The zero-order chi connectivity index (χ0) is 34.9. The van der Waals surface area contributed by atoms with Crippen LogP contribution in [-0.2, 0) is 55.4 Å². The molecule has 0 aromatic heterocycles. The van der Waals surface area contributed by atoms with Crippen LogP contribution in [0.4, 0.5) is 5.69 Å². The van der Waals surface area contributed by atoms with E-state index < -0.39 is 35.9 Å². The summed E-state index contributed by atoms with van der Waals surface area (Å²) in [6.07, 6.45) is 7.61. The van der Waals surface area contributed by atoms with Gasteiger partial charge < -0.3 is 14.4 Å². The third-order valence-corrected chi connectivity index (χ3v) is 13.0. The van der Waals surface area contributed by atoms with E-state index in [0.717, 1.165) is 117 Å². The molecule has 0 radical (unpaired) electrons. The summed E-state index contributed by atoms with van der Waals surface area (Å²) in [5, 5.41) is 2.09. The molecule has 0 amide bonds. The second-order valence-corrected chi connectivity index (χ2v) is 16.9. The van der Waals surface area contributed by atoms with E-state index in [1.807, 2.05) is 0 Å². The summed E-state index contributed by atoms with van der Waals surface area (Å²) in [6, 6.07) is 8.43. The maximum Gasteiger partial charge on any atom is 0.333 e. The first-order valence-electron chi connectivity index (χ1n) is 17.3. The van der Waals surface area contributed by atoms with Gasteiger partial charge in [0.1, 0.15) is 41.0 Å². The van der Waals surface area contributed by atoms with E-state index in [4.69, 9.17) is 9.47 Å². The summed E-state index contributed by atoms with van der Waals surface area (Å²) < 4.78 is 80.0. The van der Waals surface area contributed by atoms with Crippen molar-refractivity contribution in [1.82, 2.24) is 9.30 Å². The summed E-state index contributed by atoms with van der Waals surface area (Å²) in [4.78, 5) is 12.9. The summed E-state index contributed by atoms with van der Waals surface area (Å²) in [5.74, 6) is 0.878. The number of fused-ring (bicyclic) bond motifs is 4. The van der Waals surface area contributed by atoms with Gasteiger partial charge in [-0.15, -0.1) is 0 Å². The molecule has 50 heavy (non-hydrogen) atoms. The van der Waals surface area contributed by atoms with Gasteiger partial charge in [0.15, 0.2) is 0 Å². The molecule has 13 heteroatoms. The Labute approximate surface area is 291 Å². The highest BCUT2D eigenvalue weighted by atomic mass is 32.2. The van der Waals surface area contributed by atoms with Crippen LogP contribution in [0.2, 0.25) is 0 Å². The Kier molecular flexibility index (Phi) is 8.17. The van der Waals surface area contributed by atoms with Crippen LogP contribution in [0.5, 0.6) is 11.5 Å². The number of hydrogen-bond donors (Lipinski definition) is 2. The first-order chi connectivity index (χ1) is 23.9. The standard InChI is InChI=1S/C37H39N3O8S2/c1-22(2)37(41)47-18-13-38-49(42,43)30-12-11-23(21-31(30)50(44,45)46)32-28-19-24-7-3-14-39-16-5-9-26(33(24)39)35(28)48-36-27-10-6-17-40-15-4-8-25(34(27)40)20-29(32)36/h11-12,19-21,38H,1,3-10,13-18H2,2H3/p+1. The molecule has 5 aliphatic heterocycles. The van der Waals surface area contributed by atoms with Crippen LogP contribution in [0.1, 0.15) is 66.0 Å². The zero-order valence-electron chi connectivity index (χ0n) is 28.0. The molecule has 0 fully saturated rings. The maximum absolute atomic E-state index is 13.4. The Morgan fingerprint density at radius 2 is 1.66 bits per heavy atom. The van der Waals surface area contributed by atoms with Gasteiger partial charge >= 0.3 is 5.97 Å². The molecular weight excluding hydrogens is 679 g/mol. The van der Waals surface area contributed by atoms with Crippen LogP contribution >= 0.6 is 0 Å². The van der Waals surface area contributed by atoms with Gasteiger partial charge in [-0.3, -0.25) is 4.55 Å². The van der Waals surface area contributed by atoms with Crippen LogP contribution in [0.3, 0.4) is 0 Å². The minimum absolute atomic E-state index is 0.162. The molecule has 0 bridgehead atoms. The Hall–Kier alpha value is -4.04. The number of sulfonamides is 1. The lowest BCUT2D eigenvalue weighted by Gasteiger charge is -2.39. The molecule has 0 saturated heterocycles. The largest absolute Gasteiger partial charge is 0.461 e. The first kappa shape index (κ1) is 33.1. The molecule has 3 aromatic rings. The number of rotatable bonds is 8. The fourth-order valence-corrected chi connectivity index (χ4v) is 10.8. The number of nitrogens with one attached hydrogen (secondary N) is 1. The predicted molar refractivity (Wildman–Crippen MR) is 188 cm³/mol. The van der Waals surface area contributed by atoms with Crippen molar-refractivity contribution in [2.75, 3.05) is 44.2 Å². The number of ether oxygens (including phenoxy) is 2. The Morgan fingerprint density at radius 3 is 2.42 bits per heavy atom. The van der Waals surface area contributed by atoms with Crippen LogP contribution in [-0.4, -0.2) is 66.7 Å². The van der Waals surface area contributed by atoms with E-state index in [0.29, 0.717) is 5.56 Å². The molecule has 262 valence electrons. The molecule has 0 atom stereocenters. The maximum atomic E-state index is 13.4. The lowest BCUT2D eigenvalue weighted by Crippen LogP contribution is -2.45. The lowest BCUT2D eigenvalue weighted by atomic mass is 9.82. The van der Waals surface area contributed by atoms with Gasteiger partial charge in [-0.05, 0) is 80.8 Å². The quantitative estimate of drug-likeness (QED) is 0.0925. The third-order valence-electron chi connectivity index (χ3n) is 10.5. The van der Waals surface area contributed by atoms with Crippen LogP contribution in [0, 0.1) is 0 Å². The molecule has 8 rings (SSSR count). The normalized spacial score (nSPS) is 17.6. The van der Waals surface area contributed by atoms with E-state index in [1.165, 1.54) is 41.2 Å². The highest BCUT2D eigenvalue weighted by Crippen LogP contribution is 2.48. The van der Waals surface area contributed by atoms with Crippen molar-refractivity contribution >= 4 is 37.4 Å². The number of aryl methyl sites for hydroxylation is 2. The summed E-state index contributed by atoms with van der Waals surface area (Å²) in [5.41, 5.74) is 8.26. The van der Waals surface area contributed by atoms with Crippen molar-refractivity contribution in [2.24, 2.45) is 0 Å². The second kappa shape index (κ2) is 12.3. The minimum Gasteiger partial charge on any atom is -0.461 e.